The first-order valence-corrected chi connectivity index (χ1v) is 8.96. The van der Waals surface area contributed by atoms with E-state index in [4.69, 9.17) is 0 Å². The van der Waals surface area contributed by atoms with Gasteiger partial charge in [-0.2, -0.15) is 0 Å². The molecule has 1 fully saturated rings. The SMILES string of the molecule is Cc1cncc(N2CCC(C(=O)N3CCc4sccc4C3)C2)n1. The van der Waals surface area contributed by atoms with Crippen LogP contribution < -0.4 is 4.90 Å². The van der Waals surface area contributed by atoms with Crippen molar-refractivity contribution < 1.29 is 4.79 Å². The molecule has 0 aliphatic carbocycles. The highest BCUT2D eigenvalue weighted by atomic mass is 32.1. The van der Waals surface area contributed by atoms with Crippen LogP contribution in [0.25, 0.3) is 0 Å². The van der Waals surface area contributed by atoms with Gasteiger partial charge in [-0.25, -0.2) is 4.98 Å². The van der Waals surface area contributed by atoms with Crippen LogP contribution in [0.5, 0.6) is 0 Å². The minimum absolute atomic E-state index is 0.0810. The number of hydrogen-bond acceptors (Lipinski definition) is 5. The molecule has 4 rings (SSSR count). The van der Waals surface area contributed by atoms with Crippen LogP contribution in [0.1, 0.15) is 22.6 Å². The largest absolute Gasteiger partial charge is 0.355 e. The van der Waals surface area contributed by atoms with E-state index >= 15 is 0 Å². The normalized spacial score (nSPS) is 20.7. The van der Waals surface area contributed by atoms with Gasteiger partial charge in [-0.15, -0.1) is 11.3 Å². The third-order valence-corrected chi connectivity index (χ3v) is 5.75. The molecule has 23 heavy (non-hydrogen) atoms. The number of aromatic nitrogens is 2. The Bertz CT molecular complexity index is 729. The lowest BCUT2D eigenvalue weighted by Crippen LogP contribution is -2.40. The first-order valence-electron chi connectivity index (χ1n) is 8.08. The third kappa shape index (κ3) is 2.83. The minimum atomic E-state index is 0.0810. The molecule has 5 nitrogen and oxygen atoms in total. The van der Waals surface area contributed by atoms with E-state index in [9.17, 15) is 4.79 Å². The Morgan fingerprint density at radius 3 is 3.13 bits per heavy atom. The highest BCUT2D eigenvalue weighted by Crippen LogP contribution is 2.28. The molecule has 4 heterocycles. The second kappa shape index (κ2) is 5.92. The fraction of sp³-hybridized carbons (Fsp3) is 0.471. The van der Waals surface area contributed by atoms with Gasteiger partial charge in [0.05, 0.1) is 17.8 Å². The summed E-state index contributed by atoms with van der Waals surface area (Å²) in [5.41, 5.74) is 2.24. The lowest BCUT2D eigenvalue weighted by Gasteiger charge is -2.29. The maximum Gasteiger partial charge on any atom is 0.227 e. The zero-order valence-electron chi connectivity index (χ0n) is 13.2. The molecule has 2 aromatic rings. The van der Waals surface area contributed by atoms with Crippen LogP contribution in [0.15, 0.2) is 23.8 Å². The molecule has 2 aliphatic rings. The Morgan fingerprint density at radius 2 is 2.26 bits per heavy atom. The predicted octanol–water partition coefficient (Wildman–Crippen LogP) is 2.26. The Morgan fingerprint density at radius 1 is 1.35 bits per heavy atom. The van der Waals surface area contributed by atoms with Gasteiger partial charge in [0.15, 0.2) is 0 Å². The molecule has 0 N–H and O–H groups in total. The third-order valence-electron chi connectivity index (χ3n) is 4.72. The van der Waals surface area contributed by atoms with Crippen LogP contribution in [0.3, 0.4) is 0 Å². The van der Waals surface area contributed by atoms with Gasteiger partial charge < -0.3 is 9.80 Å². The van der Waals surface area contributed by atoms with Gasteiger partial charge in [0.25, 0.3) is 0 Å². The lowest BCUT2D eigenvalue weighted by atomic mass is 10.0. The van der Waals surface area contributed by atoms with Crippen molar-refractivity contribution in [2.45, 2.75) is 26.3 Å². The summed E-state index contributed by atoms with van der Waals surface area (Å²) in [6, 6.07) is 2.16. The van der Waals surface area contributed by atoms with Crippen molar-refractivity contribution in [1.82, 2.24) is 14.9 Å². The average Bonchev–Trinajstić information content (AvgIpc) is 3.22. The molecule has 2 aliphatic heterocycles. The zero-order chi connectivity index (χ0) is 15.8. The summed E-state index contributed by atoms with van der Waals surface area (Å²) in [6.07, 6.45) is 5.45. The molecule has 0 saturated carbocycles. The quantitative estimate of drug-likeness (QED) is 0.848. The molecule has 0 radical (unpaired) electrons. The number of aryl methyl sites for hydroxylation is 1. The second-order valence-corrected chi connectivity index (χ2v) is 7.33. The van der Waals surface area contributed by atoms with E-state index in [0.717, 1.165) is 50.5 Å². The Kier molecular flexibility index (Phi) is 3.77. The fourth-order valence-electron chi connectivity index (χ4n) is 3.47. The Labute approximate surface area is 140 Å². The van der Waals surface area contributed by atoms with Crippen LogP contribution in [-0.2, 0) is 17.8 Å². The minimum Gasteiger partial charge on any atom is -0.355 e. The summed E-state index contributed by atoms with van der Waals surface area (Å²) in [4.78, 5) is 27.2. The van der Waals surface area contributed by atoms with Crippen molar-refractivity contribution in [2.75, 3.05) is 24.5 Å². The number of rotatable bonds is 2. The molecule has 2 aromatic heterocycles. The molecule has 1 saturated heterocycles. The number of hydrogen-bond donors (Lipinski definition) is 0. The van der Waals surface area contributed by atoms with Crippen molar-refractivity contribution in [3.63, 3.8) is 0 Å². The summed E-state index contributed by atoms with van der Waals surface area (Å²) >= 11 is 1.81. The molecule has 0 spiro atoms. The van der Waals surface area contributed by atoms with E-state index in [1.54, 1.807) is 12.4 Å². The number of anilines is 1. The van der Waals surface area contributed by atoms with E-state index in [-0.39, 0.29) is 5.92 Å². The first kappa shape index (κ1) is 14.6. The van der Waals surface area contributed by atoms with Gasteiger partial charge in [0.2, 0.25) is 5.91 Å². The lowest BCUT2D eigenvalue weighted by molar-refractivity contribution is -0.135. The number of carbonyl (C=O) groups excluding carboxylic acids is 1. The van der Waals surface area contributed by atoms with Crippen molar-refractivity contribution in [1.29, 1.82) is 0 Å². The van der Waals surface area contributed by atoms with E-state index < -0.39 is 0 Å². The summed E-state index contributed by atoms with van der Waals surface area (Å²) in [6.45, 7) is 5.21. The van der Waals surface area contributed by atoms with Crippen LogP contribution in [-0.4, -0.2) is 40.4 Å². The first-order chi connectivity index (χ1) is 11.2. The summed E-state index contributed by atoms with van der Waals surface area (Å²) < 4.78 is 0. The molecule has 0 aromatic carbocycles. The topological polar surface area (TPSA) is 49.3 Å². The summed E-state index contributed by atoms with van der Waals surface area (Å²) in [5.74, 6) is 1.27. The van der Waals surface area contributed by atoms with Gasteiger partial charge >= 0.3 is 0 Å². The van der Waals surface area contributed by atoms with E-state index in [2.05, 4.69) is 26.3 Å². The Hall–Kier alpha value is -1.95. The van der Waals surface area contributed by atoms with E-state index in [1.165, 1.54) is 10.4 Å². The molecule has 1 atom stereocenters. The van der Waals surface area contributed by atoms with Crippen molar-refractivity contribution in [3.05, 3.63) is 40.0 Å². The van der Waals surface area contributed by atoms with E-state index in [1.807, 2.05) is 23.2 Å². The molecule has 120 valence electrons. The average molecular weight is 328 g/mol. The monoisotopic (exact) mass is 328 g/mol. The summed E-state index contributed by atoms with van der Waals surface area (Å²) in [7, 11) is 0. The van der Waals surface area contributed by atoms with E-state index in [0.29, 0.717) is 5.91 Å². The number of carbonyl (C=O) groups is 1. The van der Waals surface area contributed by atoms with Gasteiger partial charge in [0.1, 0.15) is 5.82 Å². The molecule has 6 heteroatoms. The molecule has 1 amide bonds. The van der Waals surface area contributed by atoms with Gasteiger partial charge in [-0.05, 0) is 36.8 Å². The molecule has 0 bridgehead atoms. The number of amides is 1. The van der Waals surface area contributed by atoms with Crippen molar-refractivity contribution >= 4 is 23.1 Å². The highest BCUT2D eigenvalue weighted by molar-refractivity contribution is 7.10. The molecular weight excluding hydrogens is 308 g/mol. The van der Waals surface area contributed by atoms with Crippen LogP contribution in [0, 0.1) is 12.8 Å². The number of fused-ring (bicyclic) bond motifs is 1. The predicted molar refractivity (Wildman–Crippen MR) is 90.5 cm³/mol. The smallest absolute Gasteiger partial charge is 0.227 e. The van der Waals surface area contributed by atoms with Crippen molar-refractivity contribution in [2.24, 2.45) is 5.92 Å². The van der Waals surface area contributed by atoms with Gasteiger partial charge in [-0.1, -0.05) is 0 Å². The number of nitrogens with zero attached hydrogens (tertiary/aromatic N) is 4. The maximum absolute atomic E-state index is 12.8. The van der Waals surface area contributed by atoms with Crippen LogP contribution >= 0.6 is 11.3 Å². The van der Waals surface area contributed by atoms with Crippen LogP contribution in [0.4, 0.5) is 5.82 Å². The van der Waals surface area contributed by atoms with Gasteiger partial charge in [-0.3, -0.25) is 9.78 Å². The van der Waals surface area contributed by atoms with Crippen molar-refractivity contribution in [3.8, 4) is 0 Å². The summed E-state index contributed by atoms with van der Waals surface area (Å²) in [5, 5.41) is 2.13. The molecule has 1 unspecified atom stereocenters. The zero-order valence-corrected chi connectivity index (χ0v) is 14.1. The maximum atomic E-state index is 12.8. The molecular formula is C17H20N4OS. The van der Waals surface area contributed by atoms with Gasteiger partial charge in [0, 0.05) is 37.3 Å². The Balaban J connectivity index is 1.43. The second-order valence-electron chi connectivity index (χ2n) is 6.33. The number of thiophene rings is 1. The standard InChI is InChI=1S/C17H20N4OS/c1-12-8-18-9-16(19-12)20-5-2-14(11-20)17(22)21-6-3-15-13(10-21)4-7-23-15/h4,7-9,14H,2-3,5-6,10-11H2,1H3. The highest BCUT2D eigenvalue weighted by Gasteiger charge is 2.33. The van der Waals surface area contributed by atoms with Crippen LogP contribution in [0.2, 0.25) is 0 Å². The fourth-order valence-corrected chi connectivity index (χ4v) is 4.36.